The van der Waals surface area contributed by atoms with E-state index in [-0.39, 0.29) is 0 Å². The fourth-order valence-electron chi connectivity index (χ4n) is 2.63. The third kappa shape index (κ3) is 3.62. The van der Waals surface area contributed by atoms with Gasteiger partial charge in [0, 0.05) is 46.6 Å². The number of likely N-dealkylation sites (N-methyl/N-ethyl adjacent to an activating group) is 1. The van der Waals surface area contributed by atoms with Crippen molar-refractivity contribution in [2.24, 2.45) is 0 Å². The molecule has 2 heterocycles. The summed E-state index contributed by atoms with van der Waals surface area (Å²) in [5.41, 5.74) is 2.30. The average molecular weight is 335 g/mol. The quantitative estimate of drug-likeness (QED) is 0.570. The van der Waals surface area contributed by atoms with E-state index in [9.17, 15) is 0 Å². The Morgan fingerprint density at radius 2 is 2.23 bits per heavy atom. The molecule has 6 heteroatoms. The highest BCUT2D eigenvalue weighted by Crippen LogP contribution is 2.36. The van der Waals surface area contributed by atoms with Crippen LogP contribution in [0.25, 0.3) is 0 Å². The lowest BCUT2D eigenvalue weighted by Crippen LogP contribution is -2.34. The highest BCUT2D eigenvalue weighted by molar-refractivity contribution is 8.04. The topological polar surface area (TPSA) is 51.1 Å². The standard InChI is InChI=1S/C16H22N4S2/c1-18-6-7-20-8-10-22-14-5-4-12(11-13(14)20)19-16(17)15-3-2-9-21-15/h3-5,11,18H,2,6-10H2,1H3,(H2,17,19). The van der Waals surface area contributed by atoms with Gasteiger partial charge in [0.15, 0.2) is 0 Å². The fourth-order valence-corrected chi connectivity index (χ4v) is 4.55. The Morgan fingerprint density at radius 3 is 3.00 bits per heavy atom. The highest BCUT2D eigenvalue weighted by Gasteiger charge is 2.18. The second-order valence-electron chi connectivity index (χ2n) is 5.33. The van der Waals surface area contributed by atoms with Gasteiger partial charge in [-0.2, -0.15) is 0 Å². The summed E-state index contributed by atoms with van der Waals surface area (Å²) < 4.78 is 0. The van der Waals surface area contributed by atoms with Crippen molar-refractivity contribution in [2.45, 2.75) is 11.3 Å². The van der Waals surface area contributed by atoms with Gasteiger partial charge in [0.2, 0.25) is 0 Å². The number of thioether (sulfide) groups is 2. The summed E-state index contributed by atoms with van der Waals surface area (Å²) in [6.45, 7) is 3.09. The van der Waals surface area contributed by atoms with Gasteiger partial charge in [0.05, 0.1) is 5.69 Å². The van der Waals surface area contributed by atoms with E-state index in [0.717, 1.165) is 48.2 Å². The molecule has 0 spiro atoms. The largest absolute Gasteiger partial charge is 0.368 e. The van der Waals surface area contributed by atoms with Crippen molar-refractivity contribution in [3.63, 3.8) is 0 Å². The molecule has 1 aromatic carbocycles. The summed E-state index contributed by atoms with van der Waals surface area (Å²) in [5.74, 6) is 2.76. The lowest BCUT2D eigenvalue weighted by molar-refractivity contribution is 0.731. The van der Waals surface area contributed by atoms with Crippen molar-refractivity contribution in [2.75, 3.05) is 48.4 Å². The molecule has 0 atom stereocenters. The van der Waals surface area contributed by atoms with Crippen molar-refractivity contribution < 1.29 is 0 Å². The van der Waals surface area contributed by atoms with Gasteiger partial charge in [-0.15, -0.1) is 23.5 Å². The van der Waals surface area contributed by atoms with Crippen LogP contribution in [-0.4, -0.2) is 44.0 Å². The summed E-state index contributed by atoms with van der Waals surface area (Å²) >= 11 is 3.68. The maximum absolute atomic E-state index is 8.20. The van der Waals surface area contributed by atoms with Crippen LogP contribution in [0.5, 0.6) is 0 Å². The first-order valence-electron chi connectivity index (χ1n) is 7.63. The zero-order valence-corrected chi connectivity index (χ0v) is 14.4. The first-order chi connectivity index (χ1) is 10.8. The van der Waals surface area contributed by atoms with Crippen LogP contribution in [0.1, 0.15) is 6.42 Å². The Bertz CT molecular complexity index is 586. The van der Waals surface area contributed by atoms with Crippen molar-refractivity contribution in [1.29, 1.82) is 5.41 Å². The maximum atomic E-state index is 8.20. The van der Waals surface area contributed by atoms with E-state index in [4.69, 9.17) is 5.41 Å². The number of amidine groups is 1. The third-order valence-corrected chi connectivity index (χ3v) is 5.94. The Morgan fingerprint density at radius 1 is 1.32 bits per heavy atom. The van der Waals surface area contributed by atoms with E-state index < -0.39 is 0 Å². The lowest BCUT2D eigenvalue weighted by Gasteiger charge is -2.31. The molecule has 0 saturated heterocycles. The molecule has 0 saturated carbocycles. The van der Waals surface area contributed by atoms with Gasteiger partial charge >= 0.3 is 0 Å². The summed E-state index contributed by atoms with van der Waals surface area (Å²) in [4.78, 5) is 4.84. The van der Waals surface area contributed by atoms with Crippen molar-refractivity contribution in [3.05, 3.63) is 29.2 Å². The summed E-state index contributed by atoms with van der Waals surface area (Å²) in [6.07, 6.45) is 3.22. The van der Waals surface area contributed by atoms with Crippen LogP contribution < -0.4 is 15.5 Å². The van der Waals surface area contributed by atoms with Crippen molar-refractivity contribution >= 4 is 40.7 Å². The van der Waals surface area contributed by atoms with Crippen LogP contribution in [0.2, 0.25) is 0 Å². The maximum Gasteiger partial charge on any atom is 0.136 e. The Kier molecular flexibility index (Phi) is 5.33. The third-order valence-electron chi connectivity index (χ3n) is 3.77. The number of nitrogens with one attached hydrogen (secondary N) is 3. The molecule has 3 N–H and O–H groups in total. The molecule has 4 nitrogen and oxygen atoms in total. The van der Waals surface area contributed by atoms with E-state index in [1.807, 2.05) is 18.8 Å². The van der Waals surface area contributed by atoms with E-state index in [2.05, 4.69) is 39.8 Å². The Balaban J connectivity index is 1.75. The highest BCUT2D eigenvalue weighted by atomic mass is 32.2. The number of nitrogens with zero attached hydrogens (tertiary/aromatic N) is 1. The van der Waals surface area contributed by atoms with Crippen LogP contribution in [0.15, 0.2) is 34.1 Å². The molecule has 3 rings (SSSR count). The van der Waals surface area contributed by atoms with E-state index >= 15 is 0 Å². The number of hydrogen-bond donors (Lipinski definition) is 3. The average Bonchev–Trinajstić information content (AvgIpc) is 3.07. The lowest BCUT2D eigenvalue weighted by atomic mass is 10.2. The summed E-state index contributed by atoms with van der Waals surface area (Å²) in [6, 6.07) is 6.45. The summed E-state index contributed by atoms with van der Waals surface area (Å²) in [5, 5.41) is 14.7. The Hall–Kier alpha value is -1.11. The monoisotopic (exact) mass is 334 g/mol. The number of anilines is 2. The second kappa shape index (κ2) is 7.44. The van der Waals surface area contributed by atoms with Gasteiger partial charge in [-0.05, 0) is 31.7 Å². The first kappa shape index (κ1) is 15.8. The van der Waals surface area contributed by atoms with E-state index in [1.54, 1.807) is 11.8 Å². The zero-order valence-electron chi connectivity index (χ0n) is 12.8. The van der Waals surface area contributed by atoms with Crippen LogP contribution in [0.3, 0.4) is 0 Å². The smallest absolute Gasteiger partial charge is 0.136 e. The molecule has 0 aromatic heterocycles. The number of benzene rings is 1. The van der Waals surface area contributed by atoms with Gasteiger partial charge in [-0.25, -0.2) is 0 Å². The SMILES string of the molecule is CNCCN1CCSc2ccc(NC(=N)C3=CCCS3)cc21. The zero-order chi connectivity index (χ0) is 15.4. The van der Waals surface area contributed by atoms with Crippen molar-refractivity contribution in [1.82, 2.24) is 5.32 Å². The predicted octanol–water partition coefficient (Wildman–Crippen LogP) is 3.23. The minimum Gasteiger partial charge on any atom is -0.368 e. The molecule has 22 heavy (non-hydrogen) atoms. The molecule has 0 aliphatic carbocycles. The normalized spacial score (nSPS) is 17.1. The molecule has 118 valence electrons. The molecule has 0 amide bonds. The van der Waals surface area contributed by atoms with E-state index in [0.29, 0.717) is 5.84 Å². The minimum absolute atomic E-state index is 0.521. The predicted molar refractivity (Wildman–Crippen MR) is 99.8 cm³/mol. The van der Waals surface area contributed by atoms with Gasteiger partial charge in [-0.1, -0.05) is 6.08 Å². The van der Waals surface area contributed by atoms with Gasteiger partial charge in [0.1, 0.15) is 5.84 Å². The van der Waals surface area contributed by atoms with Crippen LogP contribution in [0, 0.1) is 5.41 Å². The minimum atomic E-state index is 0.521. The summed E-state index contributed by atoms with van der Waals surface area (Å²) in [7, 11) is 1.99. The van der Waals surface area contributed by atoms with Crippen LogP contribution in [-0.2, 0) is 0 Å². The molecular weight excluding hydrogens is 312 g/mol. The van der Waals surface area contributed by atoms with Gasteiger partial charge < -0.3 is 15.5 Å². The molecule has 0 fully saturated rings. The molecule has 2 aliphatic rings. The number of hydrogen-bond acceptors (Lipinski definition) is 5. The molecule has 0 bridgehead atoms. The van der Waals surface area contributed by atoms with Crippen molar-refractivity contribution in [3.8, 4) is 0 Å². The molecule has 1 aromatic rings. The van der Waals surface area contributed by atoms with Crippen LogP contribution >= 0.6 is 23.5 Å². The Labute approximate surface area is 140 Å². The molecular formula is C16H22N4S2. The number of fused-ring (bicyclic) bond motifs is 1. The van der Waals surface area contributed by atoms with Gasteiger partial charge in [0.25, 0.3) is 0 Å². The molecule has 0 unspecified atom stereocenters. The van der Waals surface area contributed by atoms with E-state index in [1.165, 1.54) is 10.6 Å². The number of rotatable bonds is 5. The molecule has 0 radical (unpaired) electrons. The van der Waals surface area contributed by atoms with Gasteiger partial charge in [-0.3, -0.25) is 5.41 Å². The second-order valence-corrected chi connectivity index (χ2v) is 7.60. The molecule has 2 aliphatic heterocycles. The fraction of sp³-hybridized carbons (Fsp3) is 0.438. The number of allylic oxidation sites excluding steroid dienone is 1. The first-order valence-corrected chi connectivity index (χ1v) is 9.60. The van der Waals surface area contributed by atoms with Crippen LogP contribution in [0.4, 0.5) is 11.4 Å².